The van der Waals surface area contributed by atoms with Crippen LogP contribution >= 0.6 is 0 Å². The van der Waals surface area contributed by atoms with Crippen molar-refractivity contribution >= 4 is 5.91 Å². The Labute approximate surface area is 109 Å². The van der Waals surface area contributed by atoms with Crippen LogP contribution in [0.3, 0.4) is 0 Å². The van der Waals surface area contributed by atoms with Crippen LogP contribution in [0.15, 0.2) is 12.5 Å². The predicted octanol–water partition coefficient (Wildman–Crippen LogP) is 2.14. The van der Waals surface area contributed by atoms with Gasteiger partial charge in [0.05, 0.1) is 6.33 Å². The van der Waals surface area contributed by atoms with E-state index in [-0.39, 0.29) is 11.4 Å². The highest BCUT2D eigenvalue weighted by atomic mass is 16.2. The van der Waals surface area contributed by atoms with Gasteiger partial charge in [0.25, 0.3) is 0 Å². The smallest absolute Gasteiger partial charge is 0.220 e. The van der Waals surface area contributed by atoms with Crippen molar-refractivity contribution in [1.82, 2.24) is 14.9 Å². The summed E-state index contributed by atoms with van der Waals surface area (Å²) in [6.07, 6.45) is 7.40. The highest BCUT2D eigenvalue weighted by molar-refractivity contribution is 5.79. The Bertz CT molecular complexity index is 424. The van der Waals surface area contributed by atoms with E-state index in [1.165, 1.54) is 5.69 Å². The van der Waals surface area contributed by atoms with Crippen molar-refractivity contribution in [3.8, 4) is 0 Å². The van der Waals surface area contributed by atoms with Crippen molar-refractivity contribution in [3.05, 3.63) is 18.2 Å². The number of hydrogen-bond donors (Lipinski definition) is 1. The first-order valence-electron chi connectivity index (χ1n) is 6.87. The molecule has 1 aromatic rings. The number of carbonyl (C=O) groups excluding carboxylic acids is 1. The van der Waals surface area contributed by atoms with E-state index in [2.05, 4.69) is 35.6 Å². The van der Waals surface area contributed by atoms with E-state index in [9.17, 15) is 4.79 Å². The van der Waals surface area contributed by atoms with Gasteiger partial charge in [-0.05, 0) is 18.8 Å². The van der Waals surface area contributed by atoms with Crippen molar-refractivity contribution in [2.24, 2.45) is 5.92 Å². The summed E-state index contributed by atoms with van der Waals surface area (Å²) in [5.41, 5.74) is 1.15. The first-order chi connectivity index (χ1) is 8.57. The topological polar surface area (TPSA) is 46.9 Å². The number of hydrogen-bond acceptors (Lipinski definition) is 2. The number of aryl methyl sites for hydroxylation is 1. The van der Waals surface area contributed by atoms with Crippen molar-refractivity contribution < 1.29 is 4.79 Å². The molecule has 1 aliphatic heterocycles. The quantitative estimate of drug-likeness (QED) is 0.869. The summed E-state index contributed by atoms with van der Waals surface area (Å²) in [6.45, 7) is 7.54. The lowest BCUT2D eigenvalue weighted by Gasteiger charge is -2.33. The van der Waals surface area contributed by atoms with Gasteiger partial charge in [-0.1, -0.05) is 20.8 Å². The Kier molecular flexibility index (Phi) is 3.73. The number of nitrogens with zero attached hydrogens (tertiary/aromatic N) is 2. The molecule has 1 fully saturated rings. The molecular formula is C14H23N3O. The monoisotopic (exact) mass is 249 g/mol. The molecule has 1 aromatic heterocycles. The molecule has 0 saturated carbocycles. The van der Waals surface area contributed by atoms with Crippen LogP contribution in [0, 0.1) is 5.92 Å². The van der Waals surface area contributed by atoms with E-state index in [0.29, 0.717) is 12.3 Å². The molecule has 1 N–H and O–H groups in total. The molecule has 4 heteroatoms. The molecule has 0 radical (unpaired) electrons. The Morgan fingerprint density at radius 3 is 2.89 bits per heavy atom. The van der Waals surface area contributed by atoms with Crippen molar-refractivity contribution in [3.63, 3.8) is 0 Å². The lowest BCUT2D eigenvalue weighted by atomic mass is 9.81. The average Bonchev–Trinajstić information content (AvgIpc) is 2.89. The second kappa shape index (κ2) is 5.12. The lowest BCUT2D eigenvalue weighted by Crippen LogP contribution is -2.48. The number of nitrogens with one attached hydrogen (secondary N) is 1. The molecule has 1 aliphatic rings. The third-order valence-electron chi connectivity index (χ3n) is 4.05. The van der Waals surface area contributed by atoms with Crippen molar-refractivity contribution in [2.75, 3.05) is 0 Å². The summed E-state index contributed by atoms with van der Waals surface area (Å²) < 4.78 is 2.20. The normalized spacial score (nSPS) is 23.7. The van der Waals surface area contributed by atoms with Gasteiger partial charge in [0, 0.05) is 36.8 Å². The van der Waals surface area contributed by atoms with Gasteiger partial charge in [0.15, 0.2) is 0 Å². The summed E-state index contributed by atoms with van der Waals surface area (Å²) >= 11 is 0. The third kappa shape index (κ3) is 2.42. The second-order valence-electron chi connectivity index (χ2n) is 5.61. The Balaban J connectivity index is 2.19. The summed E-state index contributed by atoms with van der Waals surface area (Å²) in [7, 11) is 0. The molecule has 2 heterocycles. The van der Waals surface area contributed by atoms with Crippen LogP contribution in [0.5, 0.6) is 0 Å². The first-order valence-corrected chi connectivity index (χ1v) is 6.87. The summed E-state index contributed by atoms with van der Waals surface area (Å²) in [5, 5.41) is 3.19. The SMILES string of the molecule is CCCn1cncc1CC1(C(C)C)CCC(=O)N1. The van der Waals surface area contributed by atoms with Crippen LogP contribution in [-0.4, -0.2) is 21.0 Å². The van der Waals surface area contributed by atoms with E-state index >= 15 is 0 Å². The molecule has 100 valence electrons. The minimum atomic E-state index is -0.0807. The van der Waals surface area contributed by atoms with E-state index in [1.54, 1.807) is 0 Å². The second-order valence-corrected chi connectivity index (χ2v) is 5.61. The molecule has 2 rings (SSSR count). The van der Waals surface area contributed by atoms with Gasteiger partial charge in [0.2, 0.25) is 5.91 Å². The van der Waals surface area contributed by atoms with Crippen LogP contribution < -0.4 is 5.32 Å². The van der Waals surface area contributed by atoms with Crippen LogP contribution in [0.2, 0.25) is 0 Å². The molecule has 1 unspecified atom stereocenters. The number of imidazole rings is 1. The molecule has 1 amide bonds. The minimum Gasteiger partial charge on any atom is -0.350 e. The Hall–Kier alpha value is -1.32. The van der Waals surface area contributed by atoms with Crippen LogP contribution in [0.4, 0.5) is 0 Å². The summed E-state index contributed by atoms with van der Waals surface area (Å²) in [6, 6.07) is 0. The molecular weight excluding hydrogens is 226 g/mol. The fourth-order valence-corrected chi connectivity index (χ4v) is 2.77. The maximum absolute atomic E-state index is 11.6. The van der Waals surface area contributed by atoms with Gasteiger partial charge in [-0.25, -0.2) is 4.98 Å². The van der Waals surface area contributed by atoms with E-state index in [4.69, 9.17) is 0 Å². The molecule has 18 heavy (non-hydrogen) atoms. The van der Waals surface area contributed by atoms with Crippen LogP contribution in [0.1, 0.15) is 45.7 Å². The fourth-order valence-electron chi connectivity index (χ4n) is 2.77. The zero-order valence-electron chi connectivity index (χ0n) is 11.6. The van der Waals surface area contributed by atoms with Gasteiger partial charge >= 0.3 is 0 Å². The molecule has 1 atom stereocenters. The van der Waals surface area contributed by atoms with Gasteiger partial charge in [0.1, 0.15) is 0 Å². The van der Waals surface area contributed by atoms with Crippen LogP contribution in [-0.2, 0) is 17.8 Å². The van der Waals surface area contributed by atoms with Crippen molar-refractivity contribution in [2.45, 2.75) is 58.5 Å². The molecule has 1 saturated heterocycles. The maximum atomic E-state index is 11.6. The highest BCUT2D eigenvalue weighted by Gasteiger charge is 2.40. The molecule has 4 nitrogen and oxygen atoms in total. The number of rotatable bonds is 5. The highest BCUT2D eigenvalue weighted by Crippen LogP contribution is 2.31. The fraction of sp³-hybridized carbons (Fsp3) is 0.714. The zero-order valence-corrected chi connectivity index (χ0v) is 11.6. The van der Waals surface area contributed by atoms with Crippen molar-refractivity contribution in [1.29, 1.82) is 0 Å². The summed E-state index contributed by atoms with van der Waals surface area (Å²) in [5.74, 6) is 0.624. The largest absolute Gasteiger partial charge is 0.350 e. The number of carbonyl (C=O) groups is 1. The number of amides is 1. The third-order valence-corrected chi connectivity index (χ3v) is 4.05. The standard InChI is InChI=1S/C14H23N3O/c1-4-7-17-10-15-9-12(17)8-14(11(2)3)6-5-13(18)16-14/h9-11H,4-8H2,1-3H3,(H,16,18). The van der Waals surface area contributed by atoms with Gasteiger partial charge in [-0.2, -0.15) is 0 Å². The molecule has 0 bridgehead atoms. The van der Waals surface area contributed by atoms with Gasteiger partial charge < -0.3 is 9.88 Å². The maximum Gasteiger partial charge on any atom is 0.220 e. The molecule has 0 aromatic carbocycles. The lowest BCUT2D eigenvalue weighted by molar-refractivity contribution is -0.120. The van der Waals surface area contributed by atoms with E-state index < -0.39 is 0 Å². The van der Waals surface area contributed by atoms with Gasteiger partial charge in [-0.3, -0.25) is 4.79 Å². The minimum absolute atomic E-state index is 0.0807. The predicted molar refractivity (Wildman–Crippen MR) is 71.2 cm³/mol. The Morgan fingerprint density at radius 2 is 2.33 bits per heavy atom. The molecule has 0 spiro atoms. The number of aromatic nitrogens is 2. The van der Waals surface area contributed by atoms with Crippen LogP contribution in [0.25, 0.3) is 0 Å². The van der Waals surface area contributed by atoms with E-state index in [1.807, 2.05) is 12.5 Å². The van der Waals surface area contributed by atoms with E-state index in [0.717, 1.165) is 25.8 Å². The molecule has 0 aliphatic carbocycles. The Morgan fingerprint density at radius 1 is 1.56 bits per heavy atom. The summed E-state index contributed by atoms with van der Waals surface area (Å²) in [4.78, 5) is 15.8. The van der Waals surface area contributed by atoms with Gasteiger partial charge in [-0.15, -0.1) is 0 Å². The zero-order chi connectivity index (χ0) is 13.2. The average molecular weight is 249 g/mol. The first kappa shape index (κ1) is 13.1.